The first-order chi connectivity index (χ1) is 14.7. The van der Waals surface area contributed by atoms with Crippen LogP contribution in [0.2, 0.25) is 0 Å². The van der Waals surface area contributed by atoms with Gasteiger partial charge in [-0.1, -0.05) is 48.5 Å². The first-order valence-electron chi connectivity index (χ1n) is 8.80. The van der Waals surface area contributed by atoms with Gasteiger partial charge < -0.3 is 15.3 Å². The van der Waals surface area contributed by atoms with Gasteiger partial charge >= 0.3 is 5.97 Å². The van der Waals surface area contributed by atoms with Gasteiger partial charge in [-0.3, -0.25) is 4.55 Å². The summed E-state index contributed by atoms with van der Waals surface area (Å²) < 4.78 is 32.8. The molecule has 0 aliphatic heterocycles. The van der Waals surface area contributed by atoms with Crippen molar-refractivity contribution >= 4 is 49.0 Å². The molecule has 0 unspecified atom stereocenters. The molecule has 31 heavy (non-hydrogen) atoms. The summed E-state index contributed by atoms with van der Waals surface area (Å²) >= 11 is 0. The van der Waals surface area contributed by atoms with Gasteiger partial charge in [0.1, 0.15) is 27.6 Å². The van der Waals surface area contributed by atoms with Crippen molar-refractivity contribution in [3.63, 3.8) is 0 Å². The molecule has 4 aromatic rings. The molecule has 0 spiro atoms. The van der Waals surface area contributed by atoms with Crippen LogP contribution in [-0.2, 0) is 10.1 Å². The molecular weight excluding hydrogens is 424 g/mol. The predicted molar refractivity (Wildman–Crippen MR) is 112 cm³/mol. The molecule has 4 aromatic carbocycles. The molecule has 0 heterocycles. The number of phenolic OH excluding ortho intramolecular Hbond substituents is 1. The zero-order valence-corrected chi connectivity index (χ0v) is 16.4. The molecule has 0 aromatic heterocycles. The lowest BCUT2D eigenvalue weighted by atomic mass is 10.0. The fourth-order valence-electron chi connectivity index (χ4n) is 3.31. The molecule has 0 aliphatic carbocycles. The summed E-state index contributed by atoms with van der Waals surface area (Å²) in [5, 5.41) is 39.4. The summed E-state index contributed by atoms with van der Waals surface area (Å²) in [6.45, 7) is 0. The van der Waals surface area contributed by atoms with Crippen LogP contribution in [0.5, 0.6) is 11.5 Å². The zero-order valence-electron chi connectivity index (χ0n) is 15.6. The molecule has 156 valence electrons. The minimum Gasteiger partial charge on any atom is -0.506 e. The number of carboxylic acids is 1. The average Bonchev–Trinajstić information content (AvgIpc) is 2.72. The highest BCUT2D eigenvalue weighted by Gasteiger charge is 2.21. The van der Waals surface area contributed by atoms with Crippen molar-refractivity contribution in [2.45, 2.75) is 4.90 Å². The van der Waals surface area contributed by atoms with E-state index < -0.39 is 32.5 Å². The van der Waals surface area contributed by atoms with Gasteiger partial charge in [-0.05, 0) is 11.5 Å². The van der Waals surface area contributed by atoms with E-state index in [1.807, 2.05) is 0 Å². The molecule has 0 bridgehead atoms. The van der Waals surface area contributed by atoms with Crippen LogP contribution in [-0.4, -0.2) is 34.3 Å². The fourth-order valence-corrected chi connectivity index (χ4v) is 4.03. The third kappa shape index (κ3) is 3.54. The molecule has 0 saturated carbocycles. The highest BCUT2D eigenvalue weighted by Crippen LogP contribution is 2.43. The fraction of sp³-hybridized carbons (Fsp3) is 0. The minimum absolute atomic E-state index is 0.102. The van der Waals surface area contributed by atoms with Crippen molar-refractivity contribution in [1.29, 1.82) is 0 Å². The largest absolute Gasteiger partial charge is 0.506 e. The number of azo groups is 1. The topological polar surface area (TPSA) is 157 Å². The summed E-state index contributed by atoms with van der Waals surface area (Å²) in [4.78, 5) is 11.0. The highest BCUT2D eigenvalue weighted by atomic mass is 32.2. The summed E-state index contributed by atoms with van der Waals surface area (Å²) in [5.41, 5.74) is -0.617. The Labute approximate surface area is 175 Å². The number of rotatable bonds is 4. The third-order valence-electron chi connectivity index (χ3n) is 4.71. The van der Waals surface area contributed by atoms with E-state index in [0.29, 0.717) is 10.8 Å². The zero-order chi connectivity index (χ0) is 22.3. The van der Waals surface area contributed by atoms with Crippen molar-refractivity contribution in [1.82, 2.24) is 0 Å². The summed E-state index contributed by atoms with van der Waals surface area (Å²) in [5.74, 6) is -2.54. The van der Waals surface area contributed by atoms with Gasteiger partial charge in [0.25, 0.3) is 10.1 Å². The van der Waals surface area contributed by atoms with E-state index in [1.54, 1.807) is 36.4 Å². The van der Waals surface area contributed by atoms with Gasteiger partial charge in [-0.15, -0.1) is 10.2 Å². The number of nitrogens with zero attached hydrogens (tertiary/aromatic N) is 2. The molecule has 0 radical (unpaired) electrons. The molecule has 0 saturated heterocycles. The second-order valence-corrected chi connectivity index (χ2v) is 8.00. The Bertz CT molecular complexity index is 1510. The SMILES string of the molecule is O=C(O)c1cc2ccccc2c(/N=N/c2c(O)cc(S(=O)(=O)O)c3ccccc23)c1O. The predicted octanol–water partition coefficient (Wildman–Crippen LogP) is 4.76. The van der Waals surface area contributed by atoms with E-state index in [2.05, 4.69) is 10.2 Å². The van der Waals surface area contributed by atoms with E-state index in [1.165, 1.54) is 18.2 Å². The number of carboxylic acid groups (broad SMARTS) is 1. The Balaban J connectivity index is 1.99. The van der Waals surface area contributed by atoms with Crippen LogP contribution < -0.4 is 0 Å². The van der Waals surface area contributed by atoms with Gasteiger partial charge in [0.15, 0.2) is 5.75 Å². The lowest BCUT2D eigenvalue weighted by molar-refractivity contribution is 0.0694. The quantitative estimate of drug-likeness (QED) is 0.264. The number of aromatic carboxylic acids is 1. The minimum atomic E-state index is -4.62. The Morgan fingerprint density at radius 3 is 2.03 bits per heavy atom. The first kappa shape index (κ1) is 20.3. The maximum Gasteiger partial charge on any atom is 0.339 e. The van der Waals surface area contributed by atoms with E-state index in [4.69, 9.17) is 0 Å². The van der Waals surface area contributed by atoms with Crippen molar-refractivity contribution < 1.29 is 33.1 Å². The van der Waals surface area contributed by atoms with Crippen LogP contribution in [0.1, 0.15) is 10.4 Å². The molecule has 0 atom stereocenters. The van der Waals surface area contributed by atoms with E-state index in [0.717, 1.165) is 6.07 Å². The van der Waals surface area contributed by atoms with E-state index in [9.17, 15) is 33.1 Å². The molecular formula is C21H14N2O7S. The van der Waals surface area contributed by atoms with E-state index >= 15 is 0 Å². The van der Waals surface area contributed by atoms with Crippen LogP contribution >= 0.6 is 0 Å². The number of fused-ring (bicyclic) bond motifs is 2. The van der Waals surface area contributed by atoms with E-state index in [-0.39, 0.29) is 27.7 Å². The average molecular weight is 438 g/mol. The maximum absolute atomic E-state index is 11.7. The van der Waals surface area contributed by atoms with Crippen molar-refractivity contribution in [2.75, 3.05) is 0 Å². The maximum atomic E-state index is 11.7. The first-order valence-corrected chi connectivity index (χ1v) is 10.2. The van der Waals surface area contributed by atoms with Crippen LogP contribution in [0, 0.1) is 0 Å². The number of carbonyl (C=O) groups is 1. The van der Waals surface area contributed by atoms with Crippen molar-refractivity contribution in [3.8, 4) is 11.5 Å². The van der Waals surface area contributed by atoms with Crippen molar-refractivity contribution in [2.24, 2.45) is 10.2 Å². The number of benzene rings is 4. The molecule has 10 heteroatoms. The normalized spacial score (nSPS) is 12.0. The third-order valence-corrected chi connectivity index (χ3v) is 5.61. The monoisotopic (exact) mass is 438 g/mol. The summed E-state index contributed by atoms with van der Waals surface area (Å²) in [6.07, 6.45) is 0. The summed E-state index contributed by atoms with van der Waals surface area (Å²) in [6, 6.07) is 14.8. The number of aromatic hydroxyl groups is 2. The molecule has 4 N–H and O–H groups in total. The van der Waals surface area contributed by atoms with Gasteiger partial charge in [-0.25, -0.2) is 4.79 Å². The highest BCUT2D eigenvalue weighted by molar-refractivity contribution is 7.86. The van der Waals surface area contributed by atoms with Gasteiger partial charge in [0, 0.05) is 22.2 Å². The van der Waals surface area contributed by atoms with Crippen LogP contribution in [0.25, 0.3) is 21.5 Å². The molecule has 0 aliphatic rings. The number of phenols is 2. The number of hydrogen-bond donors (Lipinski definition) is 4. The lowest BCUT2D eigenvalue weighted by Gasteiger charge is -2.10. The smallest absolute Gasteiger partial charge is 0.339 e. The van der Waals surface area contributed by atoms with Gasteiger partial charge in [-0.2, -0.15) is 8.42 Å². The van der Waals surface area contributed by atoms with Crippen molar-refractivity contribution in [3.05, 3.63) is 66.2 Å². The molecule has 0 fully saturated rings. The van der Waals surface area contributed by atoms with Crippen LogP contribution in [0.15, 0.2) is 75.8 Å². The van der Waals surface area contributed by atoms with Gasteiger partial charge in [0.05, 0.1) is 0 Å². The van der Waals surface area contributed by atoms with Crippen LogP contribution in [0.3, 0.4) is 0 Å². The molecule has 4 rings (SSSR count). The number of hydrogen-bond acceptors (Lipinski definition) is 7. The molecule has 9 nitrogen and oxygen atoms in total. The molecule has 0 amide bonds. The second kappa shape index (κ2) is 7.35. The van der Waals surface area contributed by atoms with Gasteiger partial charge in [0.2, 0.25) is 0 Å². The lowest BCUT2D eigenvalue weighted by Crippen LogP contribution is -1.99. The Hall–Kier alpha value is -4.02. The standard InChI is InChI=1S/C21H14N2O7S/c24-16-10-17(31(28,29)30)13-7-3-4-8-14(13)18(16)22-23-19-12-6-2-1-5-11(12)9-15(20(19)25)21(26)27/h1-10,24-25H,(H,26,27)(H,28,29,30)/b23-22+. The second-order valence-electron chi connectivity index (χ2n) is 6.61. The Morgan fingerprint density at radius 2 is 1.39 bits per heavy atom. The van der Waals surface area contributed by atoms with Crippen LogP contribution in [0.4, 0.5) is 11.4 Å². The summed E-state index contributed by atoms with van der Waals surface area (Å²) in [7, 11) is -4.62. The Morgan fingerprint density at radius 1 is 0.806 bits per heavy atom. The Kier molecular flexibility index (Phi) is 4.80.